The van der Waals surface area contributed by atoms with Crippen LogP contribution in [0.15, 0.2) is 24.3 Å². The second-order valence-electron chi connectivity index (χ2n) is 6.91. The first-order chi connectivity index (χ1) is 10.5. The predicted molar refractivity (Wildman–Crippen MR) is 85.6 cm³/mol. The van der Waals surface area contributed by atoms with Crippen LogP contribution in [0.2, 0.25) is 0 Å². The molecule has 3 rings (SSSR count). The Balaban J connectivity index is 1.76. The molecule has 2 saturated heterocycles. The zero-order valence-electron chi connectivity index (χ0n) is 13.4. The highest BCUT2D eigenvalue weighted by molar-refractivity contribution is 6.03. The second-order valence-corrected chi connectivity index (χ2v) is 6.91. The van der Waals surface area contributed by atoms with Gasteiger partial charge in [-0.05, 0) is 63.4 Å². The van der Waals surface area contributed by atoms with E-state index in [-0.39, 0.29) is 11.8 Å². The fraction of sp³-hybridized carbons (Fsp3) is 0.556. The lowest BCUT2D eigenvalue weighted by Gasteiger charge is -2.33. The number of rotatable bonds is 2. The van der Waals surface area contributed by atoms with Gasteiger partial charge in [-0.15, -0.1) is 0 Å². The van der Waals surface area contributed by atoms with Crippen molar-refractivity contribution in [3.8, 4) is 0 Å². The SMILES string of the molecule is CN1CCC(c2ccc([C@]3(C)CCC(=O)NC3=O)cc2)CC1. The summed E-state index contributed by atoms with van der Waals surface area (Å²) in [5.41, 5.74) is 1.79. The van der Waals surface area contributed by atoms with Gasteiger partial charge in [0.2, 0.25) is 11.8 Å². The minimum atomic E-state index is -0.584. The molecule has 2 amide bonds. The average Bonchev–Trinajstić information content (AvgIpc) is 2.52. The molecule has 0 spiro atoms. The van der Waals surface area contributed by atoms with Gasteiger partial charge < -0.3 is 4.90 Å². The van der Waals surface area contributed by atoms with Crippen molar-refractivity contribution in [3.63, 3.8) is 0 Å². The van der Waals surface area contributed by atoms with Crippen molar-refractivity contribution in [1.29, 1.82) is 0 Å². The van der Waals surface area contributed by atoms with Gasteiger partial charge >= 0.3 is 0 Å². The van der Waals surface area contributed by atoms with Gasteiger partial charge in [-0.1, -0.05) is 24.3 Å². The van der Waals surface area contributed by atoms with Crippen LogP contribution in [0.3, 0.4) is 0 Å². The van der Waals surface area contributed by atoms with Crippen molar-refractivity contribution in [3.05, 3.63) is 35.4 Å². The Kier molecular flexibility index (Phi) is 4.04. The molecule has 4 heteroatoms. The topological polar surface area (TPSA) is 49.4 Å². The third kappa shape index (κ3) is 2.80. The van der Waals surface area contributed by atoms with Gasteiger partial charge in [0, 0.05) is 6.42 Å². The number of nitrogens with zero attached hydrogens (tertiary/aromatic N) is 1. The van der Waals surface area contributed by atoms with Crippen molar-refractivity contribution in [2.24, 2.45) is 0 Å². The van der Waals surface area contributed by atoms with Crippen molar-refractivity contribution in [2.45, 2.75) is 43.9 Å². The van der Waals surface area contributed by atoms with E-state index in [2.05, 4.69) is 41.5 Å². The van der Waals surface area contributed by atoms with E-state index in [1.165, 1.54) is 18.4 Å². The summed E-state index contributed by atoms with van der Waals surface area (Å²) in [6.45, 7) is 4.22. The maximum Gasteiger partial charge on any atom is 0.236 e. The van der Waals surface area contributed by atoms with Gasteiger partial charge in [0.15, 0.2) is 0 Å². The summed E-state index contributed by atoms with van der Waals surface area (Å²) in [7, 11) is 2.17. The van der Waals surface area contributed by atoms with E-state index in [1.54, 1.807) is 0 Å². The summed E-state index contributed by atoms with van der Waals surface area (Å²) >= 11 is 0. The Morgan fingerprint density at radius 3 is 2.36 bits per heavy atom. The summed E-state index contributed by atoms with van der Waals surface area (Å²) in [4.78, 5) is 25.9. The molecule has 1 atom stereocenters. The minimum Gasteiger partial charge on any atom is -0.306 e. The molecule has 2 heterocycles. The van der Waals surface area contributed by atoms with E-state index < -0.39 is 5.41 Å². The number of imide groups is 1. The van der Waals surface area contributed by atoms with Crippen molar-refractivity contribution in [1.82, 2.24) is 10.2 Å². The normalized spacial score (nSPS) is 27.7. The monoisotopic (exact) mass is 300 g/mol. The molecule has 0 bridgehead atoms. The highest BCUT2D eigenvalue weighted by atomic mass is 16.2. The van der Waals surface area contributed by atoms with E-state index >= 15 is 0 Å². The van der Waals surface area contributed by atoms with Crippen LogP contribution in [0.1, 0.15) is 49.7 Å². The van der Waals surface area contributed by atoms with Gasteiger partial charge in [-0.3, -0.25) is 14.9 Å². The number of piperidine rings is 2. The van der Waals surface area contributed by atoms with E-state index in [9.17, 15) is 9.59 Å². The van der Waals surface area contributed by atoms with Crippen LogP contribution in [0, 0.1) is 0 Å². The van der Waals surface area contributed by atoms with Crippen molar-refractivity contribution >= 4 is 11.8 Å². The lowest BCUT2D eigenvalue weighted by Crippen LogP contribution is -2.49. The molecular weight excluding hydrogens is 276 g/mol. The van der Waals surface area contributed by atoms with Crippen LogP contribution in [0.25, 0.3) is 0 Å². The van der Waals surface area contributed by atoms with Gasteiger partial charge in [0.05, 0.1) is 5.41 Å². The maximum absolute atomic E-state index is 12.2. The molecule has 2 aliphatic rings. The fourth-order valence-electron chi connectivity index (χ4n) is 3.54. The number of benzene rings is 1. The number of carbonyl (C=O) groups excluding carboxylic acids is 2. The van der Waals surface area contributed by atoms with Gasteiger partial charge in [-0.25, -0.2) is 0 Å². The van der Waals surface area contributed by atoms with Crippen molar-refractivity contribution < 1.29 is 9.59 Å². The molecule has 0 saturated carbocycles. The van der Waals surface area contributed by atoms with Crippen LogP contribution >= 0.6 is 0 Å². The van der Waals surface area contributed by atoms with Crippen LogP contribution in [-0.4, -0.2) is 36.9 Å². The van der Waals surface area contributed by atoms with E-state index in [0.29, 0.717) is 18.8 Å². The third-order valence-corrected chi connectivity index (χ3v) is 5.34. The smallest absolute Gasteiger partial charge is 0.236 e. The fourth-order valence-corrected chi connectivity index (χ4v) is 3.54. The maximum atomic E-state index is 12.2. The molecule has 1 N–H and O–H groups in total. The molecule has 0 radical (unpaired) electrons. The summed E-state index contributed by atoms with van der Waals surface area (Å²) < 4.78 is 0. The first-order valence-electron chi connectivity index (χ1n) is 8.12. The number of carbonyl (C=O) groups is 2. The Bertz CT molecular complexity index is 573. The number of likely N-dealkylation sites (tertiary alicyclic amines) is 1. The number of nitrogens with one attached hydrogen (secondary N) is 1. The molecular formula is C18H24N2O2. The minimum absolute atomic E-state index is 0.162. The predicted octanol–water partition coefficient (Wildman–Crippen LogP) is 2.19. The molecule has 2 aliphatic heterocycles. The number of hydrogen-bond acceptors (Lipinski definition) is 3. The number of hydrogen-bond donors (Lipinski definition) is 1. The second kappa shape index (κ2) is 5.84. The third-order valence-electron chi connectivity index (χ3n) is 5.34. The summed E-state index contributed by atoms with van der Waals surface area (Å²) in [6.07, 6.45) is 3.40. The van der Waals surface area contributed by atoms with Gasteiger partial charge in [-0.2, -0.15) is 0 Å². The molecule has 1 aromatic rings. The number of amides is 2. The highest BCUT2D eigenvalue weighted by Crippen LogP contribution is 2.34. The average molecular weight is 300 g/mol. The van der Waals surface area contributed by atoms with E-state index in [4.69, 9.17) is 0 Å². The standard InChI is InChI=1S/C18H24N2O2/c1-18(10-7-16(21)19-17(18)22)15-5-3-13(4-6-15)14-8-11-20(2)12-9-14/h3-6,14H,7-12H2,1-2H3,(H,19,21,22)/t18-/m0/s1. The van der Waals surface area contributed by atoms with Gasteiger partial charge in [0.1, 0.15) is 0 Å². The van der Waals surface area contributed by atoms with Crippen LogP contribution in [-0.2, 0) is 15.0 Å². The molecule has 1 aromatic carbocycles. The molecule has 0 aliphatic carbocycles. The molecule has 0 unspecified atom stereocenters. The lowest BCUT2D eigenvalue weighted by molar-refractivity contribution is -0.137. The molecule has 22 heavy (non-hydrogen) atoms. The van der Waals surface area contributed by atoms with Crippen LogP contribution in [0.5, 0.6) is 0 Å². The largest absolute Gasteiger partial charge is 0.306 e. The summed E-state index contributed by atoms with van der Waals surface area (Å²) in [5, 5.41) is 2.47. The zero-order chi connectivity index (χ0) is 15.7. The lowest BCUT2D eigenvalue weighted by atomic mass is 9.75. The zero-order valence-corrected chi connectivity index (χ0v) is 13.4. The van der Waals surface area contributed by atoms with Crippen LogP contribution < -0.4 is 5.32 Å². The van der Waals surface area contributed by atoms with Crippen molar-refractivity contribution in [2.75, 3.05) is 20.1 Å². The van der Waals surface area contributed by atoms with Crippen LogP contribution in [0.4, 0.5) is 0 Å². The molecule has 118 valence electrons. The Morgan fingerprint density at radius 2 is 1.77 bits per heavy atom. The first-order valence-corrected chi connectivity index (χ1v) is 8.12. The van der Waals surface area contributed by atoms with E-state index in [0.717, 1.165) is 18.7 Å². The Hall–Kier alpha value is -1.68. The molecule has 0 aromatic heterocycles. The Morgan fingerprint density at radius 1 is 1.14 bits per heavy atom. The molecule has 2 fully saturated rings. The highest BCUT2D eigenvalue weighted by Gasteiger charge is 2.39. The quantitative estimate of drug-likeness (QED) is 0.852. The molecule has 4 nitrogen and oxygen atoms in total. The summed E-state index contributed by atoms with van der Waals surface area (Å²) in [5.74, 6) is 0.293. The van der Waals surface area contributed by atoms with Gasteiger partial charge in [0.25, 0.3) is 0 Å². The van der Waals surface area contributed by atoms with E-state index in [1.807, 2.05) is 6.92 Å². The summed E-state index contributed by atoms with van der Waals surface area (Å²) in [6, 6.07) is 8.48. The Labute approximate surface area is 131 Å². The first kappa shape index (κ1) is 15.2.